The first-order valence-corrected chi connectivity index (χ1v) is 6.89. The number of piperidine rings is 3. The topological polar surface area (TPSA) is 47.0 Å². The van der Waals surface area contributed by atoms with Gasteiger partial charge in [0, 0.05) is 24.9 Å². The molecule has 2 bridgehead atoms. The van der Waals surface area contributed by atoms with E-state index in [1.54, 1.807) is 12.4 Å². The SMILES string of the molecule is c1cc(OC2=NOC3(C2)CN2CCC3CC2)ccn1. The van der Waals surface area contributed by atoms with Gasteiger partial charge < -0.3 is 9.57 Å². The van der Waals surface area contributed by atoms with Gasteiger partial charge in [0.25, 0.3) is 0 Å². The molecule has 0 saturated carbocycles. The maximum atomic E-state index is 5.81. The molecule has 1 aromatic rings. The molecule has 1 spiro atoms. The molecule has 1 aromatic heterocycles. The van der Waals surface area contributed by atoms with Gasteiger partial charge in [0.1, 0.15) is 5.75 Å². The van der Waals surface area contributed by atoms with E-state index in [-0.39, 0.29) is 5.60 Å². The predicted molar refractivity (Wildman–Crippen MR) is 69.9 cm³/mol. The van der Waals surface area contributed by atoms with E-state index in [9.17, 15) is 0 Å². The van der Waals surface area contributed by atoms with Crippen LogP contribution in [0.4, 0.5) is 0 Å². The van der Waals surface area contributed by atoms with Gasteiger partial charge in [-0.05, 0) is 38.1 Å². The van der Waals surface area contributed by atoms with Gasteiger partial charge in [-0.3, -0.25) is 9.88 Å². The molecule has 4 aliphatic heterocycles. The molecule has 0 aromatic carbocycles. The summed E-state index contributed by atoms with van der Waals surface area (Å²) in [4.78, 5) is 12.3. The molecule has 100 valence electrons. The van der Waals surface area contributed by atoms with E-state index in [0.29, 0.717) is 11.8 Å². The zero-order valence-electron chi connectivity index (χ0n) is 10.8. The first-order chi connectivity index (χ1) is 9.34. The van der Waals surface area contributed by atoms with Crippen LogP contribution in [0, 0.1) is 5.92 Å². The first kappa shape index (κ1) is 11.2. The second kappa shape index (κ2) is 4.20. The lowest BCUT2D eigenvalue weighted by Crippen LogP contribution is -2.59. The van der Waals surface area contributed by atoms with Crippen molar-refractivity contribution in [1.82, 2.24) is 9.88 Å². The van der Waals surface area contributed by atoms with Crippen molar-refractivity contribution in [3.05, 3.63) is 24.5 Å². The Kier molecular flexibility index (Phi) is 2.48. The van der Waals surface area contributed by atoms with E-state index >= 15 is 0 Å². The summed E-state index contributed by atoms with van der Waals surface area (Å²) in [6, 6.07) is 3.67. The third kappa shape index (κ3) is 1.89. The molecule has 0 aliphatic carbocycles. The predicted octanol–water partition coefficient (Wildman–Crippen LogP) is 1.66. The highest BCUT2D eigenvalue weighted by atomic mass is 16.7. The lowest BCUT2D eigenvalue weighted by Gasteiger charge is -2.49. The van der Waals surface area contributed by atoms with Crippen LogP contribution in [0.5, 0.6) is 5.75 Å². The van der Waals surface area contributed by atoms with E-state index in [2.05, 4.69) is 15.0 Å². The smallest absolute Gasteiger partial charge is 0.235 e. The Morgan fingerprint density at radius 1 is 1.26 bits per heavy atom. The highest BCUT2D eigenvalue weighted by molar-refractivity contribution is 5.80. The monoisotopic (exact) mass is 259 g/mol. The summed E-state index contributed by atoms with van der Waals surface area (Å²) in [6.45, 7) is 3.40. The molecule has 0 N–H and O–H groups in total. The highest BCUT2D eigenvalue weighted by Crippen LogP contribution is 2.43. The molecule has 1 unspecified atom stereocenters. The van der Waals surface area contributed by atoms with Crippen molar-refractivity contribution in [3.63, 3.8) is 0 Å². The number of ether oxygens (including phenoxy) is 1. The van der Waals surface area contributed by atoms with Gasteiger partial charge >= 0.3 is 0 Å². The van der Waals surface area contributed by atoms with Crippen LogP contribution in [-0.4, -0.2) is 41.0 Å². The Hall–Kier alpha value is -1.62. The van der Waals surface area contributed by atoms with Gasteiger partial charge in [0.05, 0.1) is 6.42 Å². The molecule has 3 saturated heterocycles. The minimum absolute atomic E-state index is 0.126. The maximum absolute atomic E-state index is 5.81. The van der Waals surface area contributed by atoms with Crippen LogP contribution in [0.3, 0.4) is 0 Å². The molecular weight excluding hydrogens is 242 g/mol. The average molecular weight is 259 g/mol. The van der Waals surface area contributed by atoms with E-state index in [4.69, 9.17) is 9.57 Å². The fraction of sp³-hybridized carbons (Fsp3) is 0.571. The minimum atomic E-state index is -0.126. The van der Waals surface area contributed by atoms with Crippen LogP contribution in [-0.2, 0) is 4.84 Å². The van der Waals surface area contributed by atoms with Crippen molar-refractivity contribution in [2.45, 2.75) is 24.9 Å². The van der Waals surface area contributed by atoms with Gasteiger partial charge in [0.15, 0.2) is 5.60 Å². The number of hydrogen-bond donors (Lipinski definition) is 0. The van der Waals surface area contributed by atoms with Crippen molar-refractivity contribution in [3.8, 4) is 5.75 Å². The molecule has 5 heteroatoms. The van der Waals surface area contributed by atoms with Crippen LogP contribution in [0.1, 0.15) is 19.3 Å². The molecule has 5 nitrogen and oxygen atoms in total. The zero-order chi connectivity index (χ0) is 12.7. The van der Waals surface area contributed by atoms with Crippen molar-refractivity contribution >= 4 is 5.90 Å². The fourth-order valence-electron chi connectivity index (χ4n) is 3.49. The van der Waals surface area contributed by atoms with E-state index in [1.807, 2.05) is 12.1 Å². The standard InChI is InChI=1S/C14H17N3O2/c1-5-15-6-2-12(1)18-13-9-14(19-16-13)10-17-7-3-11(14)4-8-17/h1-2,5-6,11H,3-4,7-10H2. The Balaban J connectivity index is 1.48. The van der Waals surface area contributed by atoms with Crippen molar-refractivity contribution < 1.29 is 9.57 Å². The second-order valence-electron chi connectivity index (χ2n) is 5.65. The molecular formula is C14H17N3O2. The maximum Gasteiger partial charge on any atom is 0.235 e. The molecule has 0 amide bonds. The number of oxime groups is 1. The van der Waals surface area contributed by atoms with Crippen LogP contribution in [0.15, 0.2) is 29.7 Å². The molecule has 1 atom stereocenters. The zero-order valence-corrected chi connectivity index (χ0v) is 10.8. The molecule has 0 radical (unpaired) electrons. The van der Waals surface area contributed by atoms with Crippen LogP contribution >= 0.6 is 0 Å². The van der Waals surface area contributed by atoms with Crippen molar-refractivity contribution in [2.24, 2.45) is 11.1 Å². The molecule has 19 heavy (non-hydrogen) atoms. The summed E-state index contributed by atoms with van der Waals surface area (Å²) in [5, 5.41) is 4.17. The number of aromatic nitrogens is 1. The summed E-state index contributed by atoms with van der Waals surface area (Å²) in [7, 11) is 0. The average Bonchev–Trinajstić information content (AvgIpc) is 2.84. The quantitative estimate of drug-likeness (QED) is 0.769. The van der Waals surface area contributed by atoms with Gasteiger partial charge in [-0.1, -0.05) is 5.16 Å². The van der Waals surface area contributed by atoms with E-state index in [1.165, 1.54) is 25.9 Å². The number of hydrogen-bond acceptors (Lipinski definition) is 5. The summed E-state index contributed by atoms with van der Waals surface area (Å²) in [5.74, 6) is 2.09. The Morgan fingerprint density at radius 2 is 2.05 bits per heavy atom. The van der Waals surface area contributed by atoms with Gasteiger partial charge in [0.2, 0.25) is 5.90 Å². The summed E-state index contributed by atoms with van der Waals surface area (Å²) < 4.78 is 5.78. The van der Waals surface area contributed by atoms with Gasteiger partial charge in [-0.15, -0.1) is 0 Å². The largest absolute Gasteiger partial charge is 0.439 e. The lowest BCUT2D eigenvalue weighted by molar-refractivity contribution is -0.136. The van der Waals surface area contributed by atoms with E-state index in [0.717, 1.165) is 18.7 Å². The van der Waals surface area contributed by atoms with Crippen LogP contribution in [0.25, 0.3) is 0 Å². The highest BCUT2D eigenvalue weighted by Gasteiger charge is 2.53. The third-order valence-corrected chi connectivity index (χ3v) is 4.49. The number of nitrogens with zero attached hydrogens (tertiary/aromatic N) is 3. The Morgan fingerprint density at radius 3 is 2.74 bits per heavy atom. The van der Waals surface area contributed by atoms with Crippen molar-refractivity contribution in [1.29, 1.82) is 0 Å². The second-order valence-corrected chi connectivity index (χ2v) is 5.65. The summed E-state index contributed by atoms with van der Waals surface area (Å²) >= 11 is 0. The Bertz CT molecular complexity index is 497. The number of fused-ring (bicyclic) bond motifs is 2. The van der Waals surface area contributed by atoms with Crippen molar-refractivity contribution in [2.75, 3.05) is 19.6 Å². The minimum Gasteiger partial charge on any atom is -0.439 e. The number of rotatable bonds is 1. The third-order valence-electron chi connectivity index (χ3n) is 4.49. The number of pyridine rings is 1. The van der Waals surface area contributed by atoms with Crippen LogP contribution < -0.4 is 4.74 Å². The summed E-state index contributed by atoms with van der Waals surface area (Å²) in [5.41, 5.74) is -0.126. The fourth-order valence-corrected chi connectivity index (χ4v) is 3.49. The Labute approximate surface area is 112 Å². The van der Waals surface area contributed by atoms with Gasteiger partial charge in [-0.25, -0.2) is 0 Å². The van der Waals surface area contributed by atoms with Gasteiger partial charge in [-0.2, -0.15) is 0 Å². The first-order valence-electron chi connectivity index (χ1n) is 6.89. The molecule has 4 aliphatic rings. The molecule has 5 rings (SSSR count). The normalized spacial score (nSPS) is 36.1. The lowest BCUT2D eigenvalue weighted by atomic mass is 9.74. The molecule has 5 heterocycles. The van der Waals surface area contributed by atoms with Crippen LogP contribution in [0.2, 0.25) is 0 Å². The summed E-state index contributed by atoms with van der Waals surface area (Å²) in [6.07, 6.45) is 6.66. The molecule has 3 fully saturated rings. The van der Waals surface area contributed by atoms with E-state index < -0.39 is 0 Å².